The number of benzene rings is 1. The van der Waals surface area contributed by atoms with Gasteiger partial charge in [0.15, 0.2) is 0 Å². The van der Waals surface area contributed by atoms with Crippen molar-refractivity contribution < 1.29 is 9.53 Å². The molecule has 2 rings (SSSR count). The number of rotatable bonds is 4. The molecule has 0 aliphatic carbocycles. The monoisotopic (exact) mass is 367 g/mol. The topological polar surface area (TPSA) is 52.3 Å². The summed E-state index contributed by atoms with van der Waals surface area (Å²) in [5, 5.41) is 0. The highest BCUT2D eigenvalue weighted by molar-refractivity contribution is 9.10. The third kappa shape index (κ3) is 3.14. The van der Waals surface area contributed by atoms with Gasteiger partial charge in [0.25, 0.3) is 0 Å². The molecule has 0 saturated carbocycles. The standard InChI is InChI=1S/C16H18BrNO2S/c1-4-11-13(18)15(16(19)20-5-2)21-14(11)10-7-6-9(3)12(17)8-10/h6-8H,4-5,18H2,1-3H3. The second-order valence-corrected chi connectivity index (χ2v) is 6.57. The van der Waals surface area contributed by atoms with Crippen LogP contribution in [-0.2, 0) is 11.2 Å². The average Bonchev–Trinajstić information content (AvgIpc) is 2.79. The smallest absolute Gasteiger partial charge is 0.350 e. The molecule has 0 bridgehead atoms. The third-order valence-corrected chi connectivity index (χ3v) is 5.43. The summed E-state index contributed by atoms with van der Waals surface area (Å²) < 4.78 is 6.13. The molecule has 0 radical (unpaired) electrons. The molecule has 2 N–H and O–H groups in total. The largest absolute Gasteiger partial charge is 0.462 e. The van der Waals surface area contributed by atoms with E-state index in [9.17, 15) is 4.79 Å². The van der Waals surface area contributed by atoms with E-state index in [1.165, 1.54) is 16.9 Å². The van der Waals surface area contributed by atoms with Crippen LogP contribution in [0.25, 0.3) is 10.4 Å². The van der Waals surface area contributed by atoms with E-state index in [2.05, 4.69) is 34.1 Å². The van der Waals surface area contributed by atoms with Crippen molar-refractivity contribution in [2.75, 3.05) is 12.3 Å². The molecule has 0 spiro atoms. The van der Waals surface area contributed by atoms with Gasteiger partial charge in [0, 0.05) is 9.35 Å². The molecule has 3 nitrogen and oxygen atoms in total. The molecule has 21 heavy (non-hydrogen) atoms. The molecule has 0 aliphatic heterocycles. The van der Waals surface area contributed by atoms with Crippen molar-refractivity contribution in [3.05, 3.63) is 38.7 Å². The summed E-state index contributed by atoms with van der Waals surface area (Å²) in [5.74, 6) is -0.341. The maximum atomic E-state index is 12.0. The number of hydrogen-bond donors (Lipinski definition) is 1. The van der Waals surface area contributed by atoms with Crippen LogP contribution < -0.4 is 5.73 Å². The first kappa shape index (κ1) is 16.0. The normalized spacial score (nSPS) is 10.7. The molecular weight excluding hydrogens is 350 g/mol. The van der Waals surface area contributed by atoms with Gasteiger partial charge >= 0.3 is 5.97 Å². The molecule has 1 aromatic carbocycles. The van der Waals surface area contributed by atoms with Gasteiger partial charge in [-0.2, -0.15) is 0 Å². The lowest BCUT2D eigenvalue weighted by Gasteiger charge is -2.05. The minimum Gasteiger partial charge on any atom is -0.462 e. The quantitative estimate of drug-likeness (QED) is 0.788. The van der Waals surface area contributed by atoms with E-state index in [1.807, 2.05) is 13.8 Å². The van der Waals surface area contributed by atoms with E-state index >= 15 is 0 Å². The maximum absolute atomic E-state index is 12.0. The summed E-state index contributed by atoms with van der Waals surface area (Å²) in [5.41, 5.74) is 9.95. The van der Waals surface area contributed by atoms with E-state index in [0.717, 1.165) is 26.9 Å². The second kappa shape index (κ2) is 6.62. The van der Waals surface area contributed by atoms with Crippen LogP contribution in [0.15, 0.2) is 22.7 Å². The molecule has 5 heteroatoms. The molecule has 0 atom stereocenters. The first-order valence-electron chi connectivity index (χ1n) is 6.84. The molecule has 0 aliphatic rings. The lowest BCUT2D eigenvalue weighted by molar-refractivity contribution is 0.0533. The number of carbonyl (C=O) groups excluding carboxylic acids is 1. The number of nitrogens with two attached hydrogens (primary N) is 1. The molecule has 1 aromatic heterocycles. The van der Waals surface area contributed by atoms with Crippen molar-refractivity contribution in [3.63, 3.8) is 0 Å². The number of ether oxygens (including phenoxy) is 1. The fourth-order valence-corrected chi connectivity index (χ4v) is 3.73. The molecule has 2 aromatic rings. The number of hydrogen-bond acceptors (Lipinski definition) is 4. The van der Waals surface area contributed by atoms with Gasteiger partial charge in [-0.05, 0) is 43.0 Å². The summed E-state index contributed by atoms with van der Waals surface area (Å²) >= 11 is 4.96. The average molecular weight is 368 g/mol. The minimum absolute atomic E-state index is 0.341. The summed E-state index contributed by atoms with van der Waals surface area (Å²) in [4.78, 5) is 13.5. The van der Waals surface area contributed by atoms with Crippen molar-refractivity contribution in [2.45, 2.75) is 27.2 Å². The van der Waals surface area contributed by atoms with Gasteiger partial charge in [0.1, 0.15) is 4.88 Å². The van der Waals surface area contributed by atoms with Gasteiger partial charge < -0.3 is 10.5 Å². The van der Waals surface area contributed by atoms with Crippen molar-refractivity contribution in [3.8, 4) is 10.4 Å². The van der Waals surface area contributed by atoms with Gasteiger partial charge in [0.2, 0.25) is 0 Å². The van der Waals surface area contributed by atoms with Crippen molar-refractivity contribution in [2.24, 2.45) is 0 Å². The number of anilines is 1. The predicted octanol–water partition coefficient (Wildman–Crippen LogP) is 4.81. The van der Waals surface area contributed by atoms with Crippen LogP contribution in [0, 0.1) is 6.92 Å². The van der Waals surface area contributed by atoms with E-state index in [0.29, 0.717) is 17.2 Å². The third-order valence-electron chi connectivity index (χ3n) is 3.30. The highest BCUT2D eigenvalue weighted by Crippen LogP contribution is 2.40. The van der Waals surface area contributed by atoms with Crippen LogP contribution in [0.3, 0.4) is 0 Å². The SMILES string of the molecule is CCOC(=O)c1sc(-c2ccc(C)c(Br)c2)c(CC)c1N. The predicted molar refractivity (Wildman–Crippen MR) is 91.9 cm³/mol. The Hall–Kier alpha value is -1.33. The molecular formula is C16H18BrNO2S. The Bertz CT molecular complexity index is 679. The fraction of sp³-hybridized carbons (Fsp3) is 0.312. The second-order valence-electron chi connectivity index (χ2n) is 4.69. The van der Waals surface area contributed by atoms with Gasteiger partial charge in [-0.3, -0.25) is 0 Å². The van der Waals surface area contributed by atoms with E-state index in [-0.39, 0.29) is 5.97 Å². The Balaban J connectivity index is 2.55. The molecule has 112 valence electrons. The van der Waals surface area contributed by atoms with E-state index in [4.69, 9.17) is 10.5 Å². The molecule has 0 unspecified atom stereocenters. The molecule has 0 fully saturated rings. The maximum Gasteiger partial charge on any atom is 0.350 e. The van der Waals surface area contributed by atoms with Gasteiger partial charge in [-0.15, -0.1) is 11.3 Å². The van der Waals surface area contributed by atoms with Crippen LogP contribution in [0.2, 0.25) is 0 Å². The first-order valence-corrected chi connectivity index (χ1v) is 8.45. The Kier molecular flexibility index (Phi) is 5.06. The highest BCUT2D eigenvalue weighted by Gasteiger charge is 2.21. The molecule has 0 saturated heterocycles. The summed E-state index contributed by atoms with van der Waals surface area (Å²) in [6, 6.07) is 6.17. The van der Waals surface area contributed by atoms with E-state index < -0.39 is 0 Å². The first-order chi connectivity index (χ1) is 9.99. The lowest BCUT2D eigenvalue weighted by Crippen LogP contribution is -2.05. The summed E-state index contributed by atoms with van der Waals surface area (Å²) in [7, 11) is 0. The van der Waals surface area contributed by atoms with Crippen molar-refractivity contribution in [1.82, 2.24) is 0 Å². The van der Waals surface area contributed by atoms with Crippen LogP contribution >= 0.6 is 27.3 Å². The highest BCUT2D eigenvalue weighted by atomic mass is 79.9. The van der Waals surface area contributed by atoms with Gasteiger partial charge in [-0.25, -0.2) is 4.79 Å². The minimum atomic E-state index is -0.341. The summed E-state index contributed by atoms with van der Waals surface area (Å²) in [6.45, 7) is 6.23. The van der Waals surface area contributed by atoms with E-state index in [1.54, 1.807) is 6.92 Å². The fourth-order valence-electron chi connectivity index (χ4n) is 2.14. The number of carbonyl (C=O) groups is 1. The van der Waals surface area contributed by atoms with Crippen molar-refractivity contribution in [1.29, 1.82) is 0 Å². The number of nitrogen functional groups attached to an aromatic ring is 1. The Morgan fingerprint density at radius 1 is 1.38 bits per heavy atom. The molecule has 0 amide bonds. The van der Waals surface area contributed by atoms with Crippen LogP contribution in [0.1, 0.15) is 34.6 Å². The zero-order chi connectivity index (χ0) is 15.6. The lowest BCUT2D eigenvalue weighted by atomic mass is 10.0. The number of halogens is 1. The van der Waals surface area contributed by atoms with Gasteiger partial charge in [-0.1, -0.05) is 35.0 Å². The molecule has 1 heterocycles. The zero-order valence-corrected chi connectivity index (χ0v) is 14.7. The van der Waals surface area contributed by atoms with Crippen LogP contribution in [-0.4, -0.2) is 12.6 Å². The Morgan fingerprint density at radius 2 is 2.10 bits per heavy atom. The van der Waals surface area contributed by atoms with Crippen molar-refractivity contribution >= 4 is 38.9 Å². The summed E-state index contributed by atoms with van der Waals surface area (Å²) in [6.07, 6.45) is 0.780. The number of esters is 1. The van der Waals surface area contributed by atoms with Crippen LogP contribution in [0.4, 0.5) is 5.69 Å². The number of thiophene rings is 1. The zero-order valence-electron chi connectivity index (χ0n) is 12.3. The van der Waals surface area contributed by atoms with Crippen LogP contribution in [0.5, 0.6) is 0 Å². The Morgan fingerprint density at radius 3 is 2.67 bits per heavy atom. The van der Waals surface area contributed by atoms with Gasteiger partial charge in [0.05, 0.1) is 12.3 Å². The Labute approximate surface area is 137 Å². The number of aryl methyl sites for hydroxylation is 1.